The molecule has 3 nitrogen and oxygen atoms in total. The van der Waals surface area contributed by atoms with Gasteiger partial charge < -0.3 is 5.32 Å². The lowest BCUT2D eigenvalue weighted by Crippen LogP contribution is -2.33. The quantitative estimate of drug-likeness (QED) is 0.904. The molecule has 0 aliphatic rings. The summed E-state index contributed by atoms with van der Waals surface area (Å²) in [5, 5.41) is 11.8. The van der Waals surface area contributed by atoms with Gasteiger partial charge in [-0.25, -0.2) is 4.39 Å². The van der Waals surface area contributed by atoms with E-state index in [0.717, 1.165) is 12.1 Å². The van der Waals surface area contributed by atoms with E-state index in [1.807, 2.05) is 6.07 Å². The molecule has 0 aromatic heterocycles. The van der Waals surface area contributed by atoms with Crippen molar-refractivity contribution in [2.45, 2.75) is 26.7 Å². The van der Waals surface area contributed by atoms with Crippen molar-refractivity contribution in [2.75, 3.05) is 5.32 Å². The standard InChI is InChI=1S/C13H14ClFN2O/c1-3-13(4-2,8-16)12(18)17-11-6-9(14)5-10(15)7-11/h5-7H,3-4H2,1-2H3,(H,17,18). The summed E-state index contributed by atoms with van der Waals surface area (Å²) in [5.41, 5.74) is -0.828. The number of amides is 1. The Morgan fingerprint density at radius 1 is 1.44 bits per heavy atom. The highest BCUT2D eigenvalue weighted by molar-refractivity contribution is 6.30. The summed E-state index contributed by atoms with van der Waals surface area (Å²) in [6.07, 6.45) is 0.795. The van der Waals surface area contributed by atoms with E-state index in [1.54, 1.807) is 13.8 Å². The minimum atomic E-state index is -1.08. The molecule has 0 saturated carbocycles. The predicted octanol–water partition coefficient (Wildman–Crippen LogP) is 3.75. The van der Waals surface area contributed by atoms with Crippen molar-refractivity contribution >= 4 is 23.2 Å². The number of nitriles is 1. The molecule has 1 aromatic rings. The fraction of sp³-hybridized carbons (Fsp3) is 0.385. The maximum absolute atomic E-state index is 13.1. The Balaban J connectivity index is 2.97. The van der Waals surface area contributed by atoms with E-state index >= 15 is 0 Å². The third kappa shape index (κ3) is 2.99. The monoisotopic (exact) mass is 268 g/mol. The lowest BCUT2D eigenvalue weighted by molar-refractivity contribution is -0.123. The lowest BCUT2D eigenvalue weighted by Gasteiger charge is -2.22. The molecular formula is C13H14ClFN2O. The smallest absolute Gasteiger partial charge is 0.244 e. The van der Waals surface area contributed by atoms with Crippen LogP contribution in [0.5, 0.6) is 0 Å². The summed E-state index contributed by atoms with van der Waals surface area (Å²) in [4.78, 5) is 12.1. The van der Waals surface area contributed by atoms with Crippen molar-refractivity contribution in [1.82, 2.24) is 0 Å². The zero-order valence-corrected chi connectivity index (χ0v) is 11.0. The number of carbonyl (C=O) groups is 1. The molecule has 0 saturated heterocycles. The van der Waals surface area contributed by atoms with Gasteiger partial charge in [-0.15, -0.1) is 0 Å². The second-order valence-electron chi connectivity index (χ2n) is 4.01. The van der Waals surface area contributed by atoms with Gasteiger partial charge in [0.25, 0.3) is 0 Å². The van der Waals surface area contributed by atoms with Crippen molar-refractivity contribution in [1.29, 1.82) is 5.26 Å². The first-order valence-electron chi connectivity index (χ1n) is 5.66. The van der Waals surface area contributed by atoms with Crippen LogP contribution in [0.1, 0.15) is 26.7 Å². The molecule has 0 aliphatic carbocycles. The highest BCUT2D eigenvalue weighted by atomic mass is 35.5. The van der Waals surface area contributed by atoms with Crippen molar-refractivity contribution in [2.24, 2.45) is 5.41 Å². The van der Waals surface area contributed by atoms with Gasteiger partial charge in [-0.2, -0.15) is 5.26 Å². The molecule has 0 heterocycles. The van der Waals surface area contributed by atoms with Crippen molar-refractivity contribution in [3.05, 3.63) is 29.0 Å². The molecule has 0 spiro atoms. The van der Waals surface area contributed by atoms with Crippen molar-refractivity contribution in [3.63, 3.8) is 0 Å². The Bertz CT molecular complexity index is 472. The van der Waals surface area contributed by atoms with Gasteiger partial charge in [-0.1, -0.05) is 25.4 Å². The number of nitrogens with one attached hydrogen (secondary N) is 1. The van der Waals surface area contributed by atoms with E-state index in [2.05, 4.69) is 5.32 Å². The van der Waals surface area contributed by atoms with Gasteiger partial charge in [-0.05, 0) is 31.0 Å². The number of rotatable bonds is 4. The summed E-state index contributed by atoms with van der Waals surface area (Å²) < 4.78 is 13.1. The van der Waals surface area contributed by atoms with Crippen molar-refractivity contribution in [3.8, 4) is 6.07 Å². The fourth-order valence-corrected chi connectivity index (χ4v) is 1.88. The van der Waals surface area contributed by atoms with Gasteiger partial charge in [0.1, 0.15) is 11.2 Å². The molecule has 0 unspecified atom stereocenters. The number of benzene rings is 1. The average molecular weight is 269 g/mol. The Morgan fingerprint density at radius 3 is 2.50 bits per heavy atom. The molecule has 1 N–H and O–H groups in total. The molecule has 1 aromatic carbocycles. The summed E-state index contributed by atoms with van der Waals surface area (Å²) in [6, 6.07) is 5.78. The molecular weight excluding hydrogens is 255 g/mol. The molecule has 1 amide bonds. The predicted molar refractivity (Wildman–Crippen MR) is 68.7 cm³/mol. The van der Waals surface area contributed by atoms with E-state index in [1.165, 1.54) is 6.07 Å². The first kappa shape index (κ1) is 14.5. The number of hydrogen-bond acceptors (Lipinski definition) is 2. The third-order valence-electron chi connectivity index (χ3n) is 2.98. The first-order chi connectivity index (χ1) is 8.47. The maximum Gasteiger partial charge on any atom is 0.244 e. The first-order valence-corrected chi connectivity index (χ1v) is 6.04. The van der Waals surface area contributed by atoms with E-state index in [-0.39, 0.29) is 10.7 Å². The van der Waals surface area contributed by atoms with Crippen LogP contribution in [0.2, 0.25) is 5.02 Å². The number of halogens is 2. The third-order valence-corrected chi connectivity index (χ3v) is 3.19. The second-order valence-corrected chi connectivity index (χ2v) is 4.45. The summed E-state index contributed by atoms with van der Waals surface area (Å²) in [7, 11) is 0. The summed E-state index contributed by atoms with van der Waals surface area (Å²) in [6.45, 7) is 3.54. The van der Waals surface area contributed by atoms with Gasteiger partial charge in [-0.3, -0.25) is 4.79 Å². The molecule has 18 heavy (non-hydrogen) atoms. The number of anilines is 1. The summed E-state index contributed by atoms with van der Waals surface area (Å²) in [5.74, 6) is -0.968. The van der Waals surface area contributed by atoms with Crippen LogP contribution < -0.4 is 5.32 Å². The maximum atomic E-state index is 13.1. The number of nitrogens with zero attached hydrogens (tertiary/aromatic N) is 1. The van der Waals surface area contributed by atoms with Crippen molar-refractivity contribution < 1.29 is 9.18 Å². The Morgan fingerprint density at radius 2 is 2.06 bits per heavy atom. The minimum Gasteiger partial charge on any atom is -0.325 e. The normalized spacial score (nSPS) is 10.8. The van der Waals surface area contributed by atoms with Crippen LogP contribution in [-0.2, 0) is 4.79 Å². The second kappa shape index (κ2) is 5.83. The van der Waals surface area contributed by atoms with E-state index in [4.69, 9.17) is 16.9 Å². The van der Waals surface area contributed by atoms with Gasteiger partial charge in [0, 0.05) is 10.7 Å². The molecule has 0 aliphatic heterocycles. The molecule has 5 heteroatoms. The number of hydrogen-bond donors (Lipinski definition) is 1. The largest absolute Gasteiger partial charge is 0.325 e. The Hall–Kier alpha value is -1.60. The highest BCUT2D eigenvalue weighted by Crippen LogP contribution is 2.28. The van der Waals surface area contributed by atoms with Crippen LogP contribution in [0.25, 0.3) is 0 Å². The summed E-state index contributed by atoms with van der Waals surface area (Å²) >= 11 is 5.69. The molecule has 0 atom stereocenters. The van der Waals surface area contributed by atoms with Crippen LogP contribution in [0.15, 0.2) is 18.2 Å². The van der Waals surface area contributed by atoms with Gasteiger partial charge in [0.05, 0.1) is 6.07 Å². The zero-order chi connectivity index (χ0) is 13.8. The lowest BCUT2D eigenvalue weighted by atomic mass is 9.83. The van der Waals surface area contributed by atoms with E-state index < -0.39 is 17.1 Å². The molecule has 0 fully saturated rings. The van der Waals surface area contributed by atoms with E-state index in [9.17, 15) is 9.18 Å². The molecule has 0 bridgehead atoms. The van der Waals surface area contributed by atoms with Crippen LogP contribution in [0.4, 0.5) is 10.1 Å². The van der Waals surface area contributed by atoms with Gasteiger partial charge >= 0.3 is 0 Å². The minimum absolute atomic E-state index is 0.195. The SMILES string of the molecule is CCC(C#N)(CC)C(=O)Nc1cc(F)cc(Cl)c1. The van der Waals surface area contributed by atoms with Crippen LogP contribution in [-0.4, -0.2) is 5.91 Å². The molecule has 96 valence electrons. The Labute approximate surface area is 111 Å². The average Bonchev–Trinajstić information content (AvgIpc) is 2.30. The number of carbonyl (C=O) groups excluding carboxylic acids is 1. The zero-order valence-electron chi connectivity index (χ0n) is 10.3. The van der Waals surface area contributed by atoms with Crippen LogP contribution >= 0.6 is 11.6 Å². The van der Waals surface area contributed by atoms with Crippen LogP contribution in [0, 0.1) is 22.6 Å². The highest BCUT2D eigenvalue weighted by Gasteiger charge is 2.35. The molecule has 1 rings (SSSR count). The Kier molecular flexibility index (Phi) is 4.69. The topological polar surface area (TPSA) is 52.9 Å². The fourth-order valence-electron chi connectivity index (χ4n) is 1.66. The van der Waals surface area contributed by atoms with E-state index in [0.29, 0.717) is 12.8 Å². The van der Waals surface area contributed by atoms with Gasteiger partial charge in [0.2, 0.25) is 5.91 Å². The van der Waals surface area contributed by atoms with Crippen LogP contribution in [0.3, 0.4) is 0 Å². The van der Waals surface area contributed by atoms with Gasteiger partial charge in [0.15, 0.2) is 0 Å². The molecule has 0 radical (unpaired) electrons.